The summed E-state index contributed by atoms with van der Waals surface area (Å²) in [4.78, 5) is 20.0. The molecule has 0 aromatic heterocycles. The Kier molecular flexibility index (Phi) is 6.91. The van der Waals surface area contributed by atoms with Crippen LogP contribution in [0.15, 0.2) is 59.1 Å². The van der Waals surface area contributed by atoms with E-state index in [2.05, 4.69) is 54.9 Å². The van der Waals surface area contributed by atoms with Crippen molar-refractivity contribution < 1.29 is 14.7 Å². The molecule has 5 heteroatoms. The molecule has 1 fully saturated rings. The van der Waals surface area contributed by atoms with Crippen molar-refractivity contribution in [3.63, 3.8) is 0 Å². The smallest absolute Gasteiger partial charge is 0.328 e. The molecule has 0 spiro atoms. The third-order valence-electron chi connectivity index (χ3n) is 8.05. The predicted molar refractivity (Wildman–Crippen MR) is 143 cm³/mol. The summed E-state index contributed by atoms with van der Waals surface area (Å²) in [7, 11) is 0. The second-order valence-corrected chi connectivity index (χ2v) is 11.6. The minimum atomic E-state index is -0.368. The first-order valence-electron chi connectivity index (χ1n) is 12.8. The number of phenolic OH excluding ortho intramolecular Hbond substituents is 1. The largest absolute Gasteiger partial charge is 0.508 e. The first-order chi connectivity index (χ1) is 16.8. The quantitative estimate of drug-likeness (QED) is 0.377. The first-order valence-corrected chi connectivity index (χ1v) is 13.6. The summed E-state index contributed by atoms with van der Waals surface area (Å²) >= 11 is 3.57. The van der Waals surface area contributed by atoms with Crippen LogP contribution < -0.4 is 0 Å². The number of halogens is 1. The van der Waals surface area contributed by atoms with Gasteiger partial charge in [0.2, 0.25) is 0 Å². The lowest BCUT2D eigenvalue weighted by Gasteiger charge is -2.40. The zero-order chi connectivity index (χ0) is 24.7. The van der Waals surface area contributed by atoms with E-state index >= 15 is 0 Å². The fraction of sp³-hybridized carbons (Fsp3) is 0.433. The zero-order valence-corrected chi connectivity index (χ0v) is 22.3. The van der Waals surface area contributed by atoms with Gasteiger partial charge in [-0.15, -0.1) is 5.06 Å². The van der Waals surface area contributed by atoms with Crippen molar-refractivity contribution in [1.29, 1.82) is 0 Å². The summed E-state index contributed by atoms with van der Waals surface area (Å²) in [6.07, 6.45) is 3.92. The second kappa shape index (κ2) is 9.94. The summed E-state index contributed by atoms with van der Waals surface area (Å²) in [6.45, 7) is 7.26. The molecule has 1 aliphatic carbocycles. The molecule has 1 aliphatic heterocycles. The van der Waals surface area contributed by atoms with Gasteiger partial charge >= 0.3 is 5.97 Å². The number of carbonyl (C=O) groups excluding carboxylic acids is 1. The number of hydrogen-bond donors (Lipinski definition) is 1. The van der Waals surface area contributed by atoms with Crippen molar-refractivity contribution in [2.75, 3.05) is 6.54 Å². The van der Waals surface area contributed by atoms with Crippen LogP contribution in [0, 0.1) is 23.7 Å². The molecule has 2 aliphatic rings. The highest BCUT2D eigenvalue weighted by molar-refractivity contribution is 9.10. The molecule has 0 amide bonds. The molecule has 35 heavy (non-hydrogen) atoms. The van der Waals surface area contributed by atoms with Crippen molar-refractivity contribution in [1.82, 2.24) is 5.06 Å². The average Bonchev–Trinajstić information content (AvgIpc) is 2.84. The Labute approximate surface area is 216 Å². The van der Waals surface area contributed by atoms with Crippen LogP contribution in [-0.4, -0.2) is 22.7 Å². The molecule has 184 valence electrons. The summed E-state index contributed by atoms with van der Waals surface area (Å²) in [6, 6.07) is 17.7. The molecule has 0 bridgehead atoms. The lowest BCUT2D eigenvalue weighted by Crippen LogP contribution is -2.42. The Hall–Kier alpha value is -2.37. The Morgan fingerprint density at radius 2 is 1.91 bits per heavy atom. The van der Waals surface area contributed by atoms with E-state index in [9.17, 15) is 9.90 Å². The highest BCUT2D eigenvalue weighted by atomic mass is 79.9. The highest BCUT2D eigenvalue weighted by Gasteiger charge is 2.40. The Morgan fingerprint density at radius 1 is 1.11 bits per heavy atom. The molecule has 4 atom stereocenters. The lowest BCUT2D eigenvalue weighted by molar-refractivity contribution is -0.210. The standard InChI is InChI=1S/C30H34BrNO3/c1-18(2)23-11-8-19(3)16-26(23)30(34)35-32-15-14-20-6-4-5-7-25(20)29(32)28-24-12-10-22(31)17-21(24)9-13-27(28)33/h4-7,9-10,12-13,17-19,23,26,29,33H,8,11,14-16H2,1-3H3. The molecular formula is C30H34BrNO3. The van der Waals surface area contributed by atoms with Crippen LogP contribution in [0.4, 0.5) is 0 Å². The molecule has 3 aromatic rings. The maximum Gasteiger partial charge on any atom is 0.328 e. The average molecular weight is 537 g/mol. The second-order valence-electron chi connectivity index (χ2n) is 10.7. The van der Waals surface area contributed by atoms with Crippen LogP contribution in [0.1, 0.15) is 62.8 Å². The maximum atomic E-state index is 13.7. The number of benzene rings is 3. The summed E-state index contributed by atoms with van der Waals surface area (Å²) in [5, 5.41) is 14.9. The molecule has 5 rings (SSSR count). The van der Waals surface area contributed by atoms with E-state index in [1.165, 1.54) is 12.0 Å². The molecule has 1 saturated carbocycles. The fourth-order valence-corrected chi connectivity index (χ4v) is 6.58. The number of aromatic hydroxyl groups is 1. The monoisotopic (exact) mass is 535 g/mol. The van der Waals surface area contributed by atoms with E-state index in [1.807, 2.05) is 35.4 Å². The van der Waals surface area contributed by atoms with Crippen LogP contribution in [-0.2, 0) is 16.1 Å². The van der Waals surface area contributed by atoms with Gasteiger partial charge in [0, 0.05) is 16.6 Å². The maximum absolute atomic E-state index is 13.7. The number of fused-ring (bicyclic) bond motifs is 2. The molecule has 1 N–H and O–H groups in total. The van der Waals surface area contributed by atoms with Crippen molar-refractivity contribution in [3.8, 4) is 5.75 Å². The molecule has 0 radical (unpaired) electrons. The third-order valence-corrected chi connectivity index (χ3v) is 8.54. The van der Waals surface area contributed by atoms with Crippen LogP contribution in [0.2, 0.25) is 0 Å². The van der Waals surface area contributed by atoms with Gasteiger partial charge in [-0.1, -0.05) is 79.5 Å². The number of hydrogen-bond acceptors (Lipinski definition) is 4. The van der Waals surface area contributed by atoms with Gasteiger partial charge in [-0.05, 0) is 77.1 Å². The summed E-state index contributed by atoms with van der Waals surface area (Å²) in [5.74, 6) is 1.32. The minimum absolute atomic E-state index is 0.0892. The van der Waals surface area contributed by atoms with Gasteiger partial charge in [0.25, 0.3) is 0 Å². The van der Waals surface area contributed by atoms with Gasteiger partial charge in [0.05, 0.1) is 5.92 Å². The molecule has 3 aromatic carbocycles. The van der Waals surface area contributed by atoms with Crippen molar-refractivity contribution in [2.24, 2.45) is 23.7 Å². The van der Waals surface area contributed by atoms with Gasteiger partial charge in [0.1, 0.15) is 11.8 Å². The Balaban J connectivity index is 1.56. The SMILES string of the molecule is CC1CCC(C(C)C)C(C(=O)ON2CCc3ccccc3C2c2c(O)ccc3cc(Br)ccc23)C1. The molecular weight excluding hydrogens is 502 g/mol. The van der Waals surface area contributed by atoms with Crippen LogP contribution in [0.25, 0.3) is 10.8 Å². The first kappa shape index (κ1) is 24.3. The topological polar surface area (TPSA) is 49.8 Å². The zero-order valence-electron chi connectivity index (χ0n) is 20.7. The Morgan fingerprint density at radius 3 is 2.71 bits per heavy atom. The molecule has 4 nitrogen and oxygen atoms in total. The lowest BCUT2D eigenvalue weighted by atomic mass is 9.70. The van der Waals surface area contributed by atoms with Crippen molar-refractivity contribution >= 4 is 32.7 Å². The van der Waals surface area contributed by atoms with Crippen LogP contribution >= 0.6 is 15.9 Å². The number of phenols is 1. The number of nitrogens with zero attached hydrogens (tertiary/aromatic N) is 1. The predicted octanol–water partition coefficient (Wildman–Crippen LogP) is 7.42. The van der Waals surface area contributed by atoms with Crippen molar-refractivity contribution in [2.45, 2.75) is 52.5 Å². The van der Waals surface area contributed by atoms with E-state index in [0.717, 1.165) is 45.6 Å². The summed E-state index contributed by atoms with van der Waals surface area (Å²) in [5.41, 5.74) is 3.09. The van der Waals surface area contributed by atoms with Gasteiger partial charge in [-0.2, -0.15) is 0 Å². The van der Waals surface area contributed by atoms with Gasteiger partial charge in [-0.3, -0.25) is 4.79 Å². The van der Waals surface area contributed by atoms with Gasteiger partial charge in [-0.25, -0.2) is 0 Å². The summed E-state index contributed by atoms with van der Waals surface area (Å²) < 4.78 is 0.986. The number of hydroxylamine groups is 2. The highest BCUT2D eigenvalue weighted by Crippen LogP contribution is 2.44. The Bertz CT molecular complexity index is 1240. The van der Waals surface area contributed by atoms with E-state index in [4.69, 9.17) is 4.84 Å². The van der Waals surface area contributed by atoms with Gasteiger partial charge in [0.15, 0.2) is 0 Å². The van der Waals surface area contributed by atoms with Crippen LogP contribution in [0.3, 0.4) is 0 Å². The molecule has 1 heterocycles. The van der Waals surface area contributed by atoms with E-state index in [1.54, 1.807) is 6.07 Å². The van der Waals surface area contributed by atoms with E-state index < -0.39 is 0 Å². The molecule has 4 unspecified atom stereocenters. The van der Waals surface area contributed by atoms with E-state index in [0.29, 0.717) is 24.3 Å². The normalized spacial score (nSPS) is 24.9. The number of carbonyl (C=O) groups is 1. The van der Waals surface area contributed by atoms with Crippen LogP contribution in [0.5, 0.6) is 5.75 Å². The van der Waals surface area contributed by atoms with Crippen molar-refractivity contribution in [3.05, 3.63) is 75.8 Å². The molecule has 0 saturated heterocycles. The minimum Gasteiger partial charge on any atom is -0.508 e. The van der Waals surface area contributed by atoms with Gasteiger partial charge < -0.3 is 9.94 Å². The number of rotatable bonds is 4. The fourth-order valence-electron chi connectivity index (χ4n) is 6.20. The van der Waals surface area contributed by atoms with E-state index in [-0.39, 0.29) is 23.7 Å². The third kappa shape index (κ3) is 4.73.